The number of hydrogen-bond acceptors (Lipinski definition) is 3. The molecule has 2 aromatic carbocycles. The van der Waals surface area contributed by atoms with Gasteiger partial charge in [-0.1, -0.05) is 18.2 Å². The number of rotatable bonds is 6. The van der Waals surface area contributed by atoms with Crippen molar-refractivity contribution in [1.29, 1.82) is 0 Å². The molecule has 0 heterocycles. The van der Waals surface area contributed by atoms with Gasteiger partial charge >= 0.3 is 0 Å². The number of hydrogen-bond donors (Lipinski definition) is 1. The van der Waals surface area contributed by atoms with Crippen molar-refractivity contribution >= 4 is 15.9 Å². The molecular weight excluding hydrogens is 379 g/mol. The zero-order chi connectivity index (χ0) is 20.5. The Labute approximate surface area is 165 Å². The lowest BCUT2D eigenvalue weighted by Crippen LogP contribution is -2.40. The average molecular weight is 405 g/mol. The van der Waals surface area contributed by atoms with Crippen molar-refractivity contribution in [2.24, 2.45) is 0 Å². The van der Waals surface area contributed by atoms with E-state index in [0.717, 1.165) is 12.8 Å². The molecule has 150 valence electrons. The summed E-state index contributed by atoms with van der Waals surface area (Å²) in [5.41, 5.74) is 0.254. The zero-order valence-corrected chi connectivity index (χ0v) is 17.1. The Morgan fingerprint density at radius 2 is 1.71 bits per heavy atom. The van der Waals surface area contributed by atoms with E-state index in [9.17, 15) is 17.6 Å². The van der Waals surface area contributed by atoms with Gasteiger partial charge < -0.3 is 4.90 Å². The summed E-state index contributed by atoms with van der Waals surface area (Å²) < 4.78 is 41.4. The summed E-state index contributed by atoms with van der Waals surface area (Å²) >= 11 is 0. The normalized spacial score (nSPS) is 14.7. The number of nitrogens with one attached hydrogen (secondary N) is 1. The van der Waals surface area contributed by atoms with E-state index >= 15 is 0 Å². The van der Waals surface area contributed by atoms with Gasteiger partial charge in [-0.15, -0.1) is 0 Å². The van der Waals surface area contributed by atoms with Crippen LogP contribution in [-0.2, 0) is 16.6 Å². The van der Waals surface area contributed by atoms with E-state index in [2.05, 4.69) is 4.72 Å². The van der Waals surface area contributed by atoms with Crippen molar-refractivity contribution in [3.05, 3.63) is 65.5 Å². The smallest absolute Gasteiger partial charge is 0.254 e. The monoisotopic (exact) mass is 404 g/mol. The van der Waals surface area contributed by atoms with E-state index in [1.807, 2.05) is 0 Å². The predicted molar refractivity (Wildman–Crippen MR) is 106 cm³/mol. The molecule has 2 aromatic rings. The summed E-state index contributed by atoms with van der Waals surface area (Å²) in [6.07, 6.45) is 1.78. The molecule has 1 saturated carbocycles. The Morgan fingerprint density at radius 1 is 1.11 bits per heavy atom. The number of carbonyl (C=O) groups excluding carboxylic acids is 1. The van der Waals surface area contributed by atoms with Crippen LogP contribution in [0.15, 0.2) is 53.4 Å². The van der Waals surface area contributed by atoms with Crippen LogP contribution >= 0.6 is 0 Å². The molecule has 3 rings (SSSR count). The van der Waals surface area contributed by atoms with Crippen molar-refractivity contribution in [3.8, 4) is 0 Å². The molecule has 0 aromatic heterocycles. The highest BCUT2D eigenvalue weighted by atomic mass is 32.2. The SMILES string of the molecule is CC(C)(C)NS(=O)(=O)c1ccc(C(=O)N(Cc2ccccc2F)C2CC2)cc1. The molecule has 5 nitrogen and oxygen atoms in total. The van der Waals surface area contributed by atoms with Crippen LogP contribution < -0.4 is 4.72 Å². The minimum atomic E-state index is -3.66. The molecule has 0 saturated heterocycles. The number of amides is 1. The molecule has 1 N–H and O–H groups in total. The Balaban J connectivity index is 1.80. The molecule has 0 spiro atoms. The average Bonchev–Trinajstić information content (AvgIpc) is 3.43. The first kappa shape index (κ1) is 20.5. The number of benzene rings is 2. The van der Waals surface area contributed by atoms with Crippen molar-refractivity contribution in [2.75, 3.05) is 0 Å². The minimum Gasteiger partial charge on any atom is -0.331 e. The fourth-order valence-electron chi connectivity index (χ4n) is 2.97. The highest BCUT2D eigenvalue weighted by molar-refractivity contribution is 7.89. The summed E-state index contributed by atoms with van der Waals surface area (Å²) in [4.78, 5) is 14.7. The largest absolute Gasteiger partial charge is 0.331 e. The maximum Gasteiger partial charge on any atom is 0.254 e. The van der Waals surface area contributed by atoms with Crippen molar-refractivity contribution in [3.63, 3.8) is 0 Å². The van der Waals surface area contributed by atoms with Crippen molar-refractivity contribution < 1.29 is 17.6 Å². The molecule has 1 fully saturated rings. The maximum absolute atomic E-state index is 14.0. The molecule has 1 aliphatic carbocycles. The second-order valence-electron chi connectivity index (χ2n) is 8.14. The number of sulfonamides is 1. The van der Waals surface area contributed by atoms with Gasteiger partial charge in [-0.2, -0.15) is 0 Å². The van der Waals surface area contributed by atoms with E-state index in [1.165, 1.54) is 30.3 Å². The van der Waals surface area contributed by atoms with E-state index in [-0.39, 0.29) is 29.2 Å². The van der Waals surface area contributed by atoms with Crippen LogP contribution in [0, 0.1) is 5.82 Å². The Bertz CT molecular complexity index is 962. The Hall–Kier alpha value is -2.25. The summed E-state index contributed by atoms with van der Waals surface area (Å²) in [5, 5.41) is 0. The fourth-order valence-corrected chi connectivity index (χ4v) is 4.39. The van der Waals surface area contributed by atoms with E-state index in [4.69, 9.17) is 0 Å². The van der Waals surface area contributed by atoms with Crippen LogP contribution in [0.1, 0.15) is 49.5 Å². The lowest BCUT2D eigenvalue weighted by molar-refractivity contribution is 0.0728. The molecule has 1 amide bonds. The van der Waals surface area contributed by atoms with Crippen LogP contribution in [-0.4, -0.2) is 30.8 Å². The molecule has 28 heavy (non-hydrogen) atoms. The molecule has 0 unspecified atom stereocenters. The van der Waals surface area contributed by atoms with Crippen molar-refractivity contribution in [1.82, 2.24) is 9.62 Å². The van der Waals surface area contributed by atoms with Gasteiger partial charge in [0, 0.05) is 29.3 Å². The third kappa shape index (κ3) is 4.97. The number of carbonyl (C=O) groups is 1. The molecule has 0 atom stereocenters. The summed E-state index contributed by atoms with van der Waals surface area (Å²) in [6, 6.07) is 12.4. The summed E-state index contributed by atoms with van der Waals surface area (Å²) in [5.74, 6) is -0.561. The lowest BCUT2D eigenvalue weighted by atomic mass is 10.1. The third-order valence-electron chi connectivity index (χ3n) is 4.40. The van der Waals surface area contributed by atoms with Gasteiger partial charge in [-0.3, -0.25) is 4.79 Å². The standard InChI is InChI=1S/C21H25FN2O3S/c1-21(2,3)23-28(26,27)18-12-8-15(9-13-18)20(25)24(17-10-11-17)14-16-6-4-5-7-19(16)22/h4-9,12-13,17,23H,10-11,14H2,1-3H3. The van der Waals surface area contributed by atoms with Gasteiger partial charge in [0.25, 0.3) is 5.91 Å². The van der Waals surface area contributed by atoms with Gasteiger partial charge in [0.1, 0.15) is 5.82 Å². The Morgan fingerprint density at radius 3 is 2.25 bits per heavy atom. The quantitative estimate of drug-likeness (QED) is 0.798. The van der Waals surface area contributed by atoms with Gasteiger partial charge in [-0.25, -0.2) is 17.5 Å². The third-order valence-corrected chi connectivity index (χ3v) is 6.17. The van der Waals surface area contributed by atoms with Gasteiger partial charge in [0.05, 0.1) is 4.90 Å². The topological polar surface area (TPSA) is 66.5 Å². The van der Waals surface area contributed by atoms with Crippen molar-refractivity contribution in [2.45, 2.75) is 56.6 Å². The lowest BCUT2D eigenvalue weighted by Gasteiger charge is -2.23. The van der Waals surface area contributed by atoms with Gasteiger partial charge in [0.15, 0.2) is 0 Å². The fraction of sp³-hybridized carbons (Fsp3) is 0.381. The van der Waals surface area contributed by atoms with E-state index < -0.39 is 15.6 Å². The second-order valence-corrected chi connectivity index (χ2v) is 9.82. The van der Waals surface area contributed by atoms with E-state index in [1.54, 1.807) is 43.9 Å². The molecule has 1 aliphatic rings. The van der Waals surface area contributed by atoms with Crippen LogP contribution in [0.5, 0.6) is 0 Å². The highest BCUT2D eigenvalue weighted by Crippen LogP contribution is 2.30. The van der Waals surface area contributed by atoms with Crippen LogP contribution in [0.3, 0.4) is 0 Å². The predicted octanol–water partition coefficient (Wildman–Crippen LogP) is 3.71. The molecule has 0 bridgehead atoms. The highest BCUT2D eigenvalue weighted by Gasteiger charge is 2.33. The summed E-state index contributed by atoms with van der Waals surface area (Å²) in [6.45, 7) is 5.48. The Kier molecular flexibility index (Phi) is 5.59. The second kappa shape index (κ2) is 7.64. The molecule has 0 aliphatic heterocycles. The van der Waals surface area contributed by atoms with E-state index in [0.29, 0.717) is 11.1 Å². The molecular formula is C21H25FN2O3S. The van der Waals surface area contributed by atoms with Gasteiger partial charge in [0.2, 0.25) is 10.0 Å². The number of nitrogens with zero attached hydrogens (tertiary/aromatic N) is 1. The molecule has 7 heteroatoms. The first-order valence-corrected chi connectivity index (χ1v) is 10.7. The first-order valence-electron chi connectivity index (χ1n) is 9.25. The van der Waals surface area contributed by atoms with Crippen LogP contribution in [0.2, 0.25) is 0 Å². The summed E-state index contributed by atoms with van der Waals surface area (Å²) in [7, 11) is -3.66. The van der Waals surface area contributed by atoms with Gasteiger partial charge in [-0.05, 0) is 63.9 Å². The molecule has 0 radical (unpaired) electrons. The van der Waals surface area contributed by atoms with Crippen LogP contribution in [0.4, 0.5) is 4.39 Å². The zero-order valence-electron chi connectivity index (χ0n) is 16.3. The van der Waals surface area contributed by atoms with Crippen LogP contribution in [0.25, 0.3) is 0 Å². The minimum absolute atomic E-state index is 0.0954. The number of halogens is 1. The maximum atomic E-state index is 14.0. The first-order chi connectivity index (χ1) is 13.1.